The van der Waals surface area contributed by atoms with Crippen LogP contribution in [0.3, 0.4) is 0 Å². The van der Waals surface area contributed by atoms with Crippen LogP contribution in [0.1, 0.15) is 0 Å². The van der Waals surface area contributed by atoms with Crippen LogP contribution in [0.4, 0.5) is 0 Å². The molecule has 0 bridgehead atoms. The van der Waals surface area contributed by atoms with Crippen molar-refractivity contribution in [1.82, 2.24) is 0 Å². The number of rotatable bonds is 3. The van der Waals surface area contributed by atoms with Gasteiger partial charge in [0.1, 0.15) is 12.2 Å². The van der Waals surface area contributed by atoms with Crippen molar-refractivity contribution in [3.8, 4) is 0 Å². The Morgan fingerprint density at radius 3 is 1.25 bits per heavy atom. The van der Waals surface area contributed by atoms with Crippen molar-refractivity contribution in [2.24, 2.45) is 0 Å². The quantitative estimate of drug-likeness (QED) is 0.470. The van der Waals surface area contributed by atoms with Gasteiger partial charge < -0.3 is 30.0 Å². The van der Waals surface area contributed by atoms with Crippen molar-refractivity contribution >= 4 is 38.1 Å². The van der Waals surface area contributed by atoms with Gasteiger partial charge in [0, 0.05) is 0 Å². The Labute approximate surface area is 109 Å². The summed E-state index contributed by atoms with van der Waals surface area (Å²) in [6, 6.07) is 0. The van der Waals surface area contributed by atoms with E-state index in [1.54, 1.807) is 0 Å². The summed E-state index contributed by atoms with van der Waals surface area (Å²) in [5.74, 6) is -4.12. The van der Waals surface area contributed by atoms with E-state index >= 15 is 0 Å². The molecule has 0 spiro atoms. The Balaban J connectivity index is -0.000000405. The third-order valence-corrected chi connectivity index (χ3v) is 0.782. The van der Waals surface area contributed by atoms with Gasteiger partial charge in [0.25, 0.3) is 0 Å². The summed E-state index contributed by atoms with van der Waals surface area (Å²) < 4.78 is 0. The zero-order chi connectivity index (χ0) is 8.31. The molecule has 0 aliphatic rings. The summed E-state index contributed by atoms with van der Waals surface area (Å²) in [4.78, 5) is 19.3. The normalized spacial score (nSPS) is 13.2. The minimum atomic E-state index is -2.44. The molecule has 6 nitrogen and oxygen atoms in total. The van der Waals surface area contributed by atoms with Gasteiger partial charge in [0.15, 0.2) is 0 Å². The largest absolute Gasteiger partial charge is 3.00 e. The molecule has 2 N–H and O–H groups in total. The summed E-state index contributed by atoms with van der Waals surface area (Å²) in [5, 5.41) is 35.7. The fourth-order valence-electron chi connectivity index (χ4n) is 0.258. The molecule has 0 fully saturated rings. The minimum absolute atomic E-state index is 0. The topological polar surface area (TPSA) is 121 Å². The second kappa shape index (κ2) is 8.35. The zero-order valence-corrected chi connectivity index (χ0v) is 11.6. The van der Waals surface area contributed by atoms with Crippen molar-refractivity contribution in [2.45, 2.75) is 12.2 Å². The van der Waals surface area contributed by atoms with Crippen molar-refractivity contribution < 1.29 is 59.6 Å². The minimum Gasteiger partial charge on any atom is -0.547 e. The van der Waals surface area contributed by atoms with E-state index in [0.29, 0.717) is 0 Å². The number of carboxylic acids is 2. The third-order valence-electron chi connectivity index (χ3n) is 0.782. The van der Waals surface area contributed by atoms with Gasteiger partial charge in [0.05, 0.1) is 11.9 Å². The fraction of sp³-hybridized carbons (Fsp3) is 0.500. The molecule has 0 aliphatic heterocycles. The standard InChI is InChI=1S/C4H6O6.Bi.Na/c5-1(3(7)8)2(6)4(9)10;;/h1-2,5-6H,(H,7,8)(H,9,10);;/q;+3;+1/p-2. The molecule has 0 saturated heterocycles. The second-order valence-electron chi connectivity index (χ2n) is 1.53. The fourth-order valence-corrected chi connectivity index (χ4v) is 0.258. The number of aliphatic hydroxyl groups excluding tert-OH is 2. The maximum absolute atomic E-state index is 9.63. The van der Waals surface area contributed by atoms with Gasteiger partial charge in [-0.3, -0.25) is 0 Å². The molecule has 2 unspecified atom stereocenters. The molecule has 0 aromatic carbocycles. The number of carbonyl (C=O) groups is 2. The monoisotopic (exact) mass is 380 g/mol. The first kappa shape index (κ1) is 18.5. The predicted octanol–water partition coefficient (Wildman–Crippen LogP) is -8.17. The molecule has 2 atom stereocenters. The average Bonchev–Trinajstić information content (AvgIpc) is 1.84. The van der Waals surface area contributed by atoms with Gasteiger partial charge in [-0.15, -0.1) is 0 Å². The van der Waals surface area contributed by atoms with Crippen LogP contribution in [0.5, 0.6) is 0 Å². The van der Waals surface area contributed by atoms with E-state index < -0.39 is 24.1 Å². The van der Waals surface area contributed by atoms with E-state index in [1.165, 1.54) is 0 Å². The van der Waals surface area contributed by atoms with Crippen LogP contribution in [0.25, 0.3) is 0 Å². The maximum Gasteiger partial charge on any atom is 3.00 e. The second-order valence-corrected chi connectivity index (χ2v) is 1.53. The summed E-state index contributed by atoms with van der Waals surface area (Å²) in [6.45, 7) is 0. The molecule has 0 aromatic rings. The van der Waals surface area contributed by atoms with E-state index in [-0.39, 0.29) is 55.8 Å². The number of hydrogen-bond donors (Lipinski definition) is 2. The molecule has 2 radical (unpaired) electrons. The third kappa shape index (κ3) is 6.28. The van der Waals surface area contributed by atoms with E-state index in [4.69, 9.17) is 10.2 Å². The number of carboxylic acid groups (broad SMARTS) is 2. The van der Waals surface area contributed by atoms with Crippen molar-refractivity contribution in [3.05, 3.63) is 0 Å². The Morgan fingerprint density at radius 2 is 1.17 bits per heavy atom. The Bertz CT molecular complexity index is 144. The smallest absolute Gasteiger partial charge is 0.547 e. The van der Waals surface area contributed by atoms with Crippen LogP contribution < -0.4 is 39.8 Å². The van der Waals surface area contributed by atoms with Gasteiger partial charge in [-0.2, -0.15) is 0 Å². The molecule has 0 saturated carbocycles. The number of aliphatic hydroxyl groups is 2. The molecule has 0 heterocycles. The Hall–Kier alpha value is 0.743. The summed E-state index contributed by atoms with van der Waals surface area (Å²) >= 11 is 0. The van der Waals surface area contributed by atoms with Crippen LogP contribution >= 0.6 is 0 Å². The first-order valence-corrected chi connectivity index (χ1v) is 2.24. The molecule has 0 aromatic heterocycles. The van der Waals surface area contributed by atoms with E-state index in [9.17, 15) is 19.8 Å². The number of aliphatic carboxylic acids is 2. The SMILES string of the molecule is O=C([O-])C(O)C(O)C(=O)[O-].[Bi+3].[Na+]. The molecule has 8 heteroatoms. The number of carbonyl (C=O) groups excluding carboxylic acids is 2. The van der Waals surface area contributed by atoms with Gasteiger partial charge in [-0.05, 0) is 0 Å². The van der Waals surface area contributed by atoms with Gasteiger partial charge in [-0.1, -0.05) is 0 Å². The van der Waals surface area contributed by atoms with Crippen LogP contribution in [0.2, 0.25) is 0 Å². The van der Waals surface area contributed by atoms with Crippen LogP contribution in [-0.2, 0) is 9.59 Å². The molecular weight excluding hydrogens is 376 g/mol. The first-order chi connectivity index (χ1) is 4.46. The van der Waals surface area contributed by atoms with Crippen molar-refractivity contribution in [2.75, 3.05) is 0 Å². The zero-order valence-electron chi connectivity index (χ0n) is 6.13. The molecule has 60 valence electrons. The van der Waals surface area contributed by atoms with Gasteiger partial charge >= 0.3 is 55.8 Å². The Morgan fingerprint density at radius 1 is 1.00 bits per heavy atom. The average molecular weight is 380 g/mol. The molecular formula is C4H4BiNaO6+2. The summed E-state index contributed by atoms with van der Waals surface area (Å²) in [6.07, 6.45) is -4.88. The van der Waals surface area contributed by atoms with E-state index in [1.807, 2.05) is 0 Å². The summed E-state index contributed by atoms with van der Waals surface area (Å²) in [5.41, 5.74) is 0. The van der Waals surface area contributed by atoms with Crippen LogP contribution in [-0.4, -0.2) is 60.6 Å². The molecule has 0 aliphatic carbocycles. The van der Waals surface area contributed by atoms with Gasteiger partial charge in [-0.25, -0.2) is 0 Å². The number of hydrogen-bond acceptors (Lipinski definition) is 6. The van der Waals surface area contributed by atoms with Crippen LogP contribution in [0, 0.1) is 0 Å². The van der Waals surface area contributed by atoms with E-state index in [0.717, 1.165) is 0 Å². The molecule has 0 rings (SSSR count). The van der Waals surface area contributed by atoms with E-state index in [2.05, 4.69) is 0 Å². The molecule has 12 heavy (non-hydrogen) atoms. The Kier molecular flexibility index (Phi) is 12.9. The summed E-state index contributed by atoms with van der Waals surface area (Å²) in [7, 11) is 0. The van der Waals surface area contributed by atoms with Gasteiger partial charge in [0.2, 0.25) is 0 Å². The molecule has 0 amide bonds. The predicted molar refractivity (Wildman–Crippen MR) is 27.8 cm³/mol. The maximum atomic E-state index is 9.63. The van der Waals surface area contributed by atoms with Crippen molar-refractivity contribution in [1.29, 1.82) is 0 Å². The van der Waals surface area contributed by atoms with Crippen molar-refractivity contribution in [3.63, 3.8) is 0 Å². The van der Waals surface area contributed by atoms with Crippen LogP contribution in [0.15, 0.2) is 0 Å². The first-order valence-electron chi connectivity index (χ1n) is 2.24.